The highest BCUT2D eigenvalue weighted by molar-refractivity contribution is 7.22. The highest BCUT2D eigenvalue weighted by Gasteiger charge is 2.29. The summed E-state index contributed by atoms with van der Waals surface area (Å²) in [5.74, 6) is 1.75. The van der Waals surface area contributed by atoms with Gasteiger partial charge in [-0.25, -0.2) is 9.97 Å². The number of amides is 1. The number of hydrogen-bond donors (Lipinski definition) is 0. The van der Waals surface area contributed by atoms with Crippen LogP contribution in [0, 0.1) is 6.92 Å². The average Bonchev–Trinajstić information content (AvgIpc) is 3.53. The summed E-state index contributed by atoms with van der Waals surface area (Å²) in [6.45, 7) is 7.08. The van der Waals surface area contributed by atoms with Gasteiger partial charge in [-0.2, -0.15) is 0 Å². The Morgan fingerprint density at radius 3 is 2.85 bits per heavy atom. The number of carbonyl (C=O) groups excluding carboxylic acids is 1. The molecule has 4 heterocycles. The molecule has 170 valence electrons. The summed E-state index contributed by atoms with van der Waals surface area (Å²) in [7, 11) is 5.72. The molecule has 4 aromatic rings. The summed E-state index contributed by atoms with van der Waals surface area (Å²) in [4.78, 5) is 26.5. The normalized spacial score (nSPS) is 16.0. The minimum Gasteiger partial charge on any atom is -0.495 e. The molecule has 1 fully saturated rings. The molecule has 0 bridgehead atoms. The van der Waals surface area contributed by atoms with Crippen LogP contribution in [0.4, 0.5) is 5.82 Å². The van der Waals surface area contributed by atoms with Crippen LogP contribution < -0.4 is 9.64 Å². The number of likely N-dealkylation sites (tertiary alicyclic amines) is 1. The maximum atomic E-state index is 12.2. The van der Waals surface area contributed by atoms with Crippen molar-refractivity contribution in [1.82, 2.24) is 19.4 Å². The number of thiophene rings is 1. The summed E-state index contributed by atoms with van der Waals surface area (Å²) in [5.41, 5.74) is 3.16. The van der Waals surface area contributed by atoms with Crippen LogP contribution >= 0.6 is 11.3 Å². The Morgan fingerprint density at radius 2 is 2.12 bits per heavy atom. The second kappa shape index (κ2) is 8.19. The lowest BCUT2D eigenvalue weighted by Gasteiger charge is -2.16. The van der Waals surface area contributed by atoms with Crippen molar-refractivity contribution in [3.05, 3.63) is 48.9 Å². The third-order valence-electron chi connectivity index (χ3n) is 6.27. The molecule has 1 amide bonds. The number of benzene rings is 1. The molecule has 0 spiro atoms. The second-order valence-corrected chi connectivity index (χ2v) is 9.72. The number of rotatable bonds is 5. The van der Waals surface area contributed by atoms with Crippen molar-refractivity contribution in [2.24, 2.45) is 0 Å². The van der Waals surface area contributed by atoms with E-state index in [-0.39, 0.29) is 11.9 Å². The highest BCUT2D eigenvalue weighted by atomic mass is 32.1. The van der Waals surface area contributed by atoms with Crippen molar-refractivity contribution in [1.29, 1.82) is 0 Å². The van der Waals surface area contributed by atoms with Gasteiger partial charge >= 0.3 is 0 Å². The fourth-order valence-corrected chi connectivity index (χ4v) is 5.87. The average molecular weight is 462 g/mol. The molecule has 1 atom stereocenters. The second-order valence-electron chi connectivity index (χ2n) is 8.67. The van der Waals surface area contributed by atoms with Crippen LogP contribution in [0.3, 0.4) is 0 Å². The molecule has 1 aliphatic heterocycles. The number of methoxy groups -OCH3 is 1. The first kappa shape index (κ1) is 21.5. The molecule has 33 heavy (non-hydrogen) atoms. The molecular formula is C25H27N5O2S. The topological polar surface area (TPSA) is 63.5 Å². The van der Waals surface area contributed by atoms with Crippen LogP contribution in [0.5, 0.6) is 5.75 Å². The predicted octanol–water partition coefficient (Wildman–Crippen LogP) is 4.66. The highest BCUT2D eigenvalue weighted by Crippen LogP contribution is 2.44. The van der Waals surface area contributed by atoms with E-state index in [1.807, 2.05) is 23.9 Å². The molecular weight excluding hydrogens is 434 g/mol. The molecule has 0 saturated carbocycles. The summed E-state index contributed by atoms with van der Waals surface area (Å²) in [6.07, 6.45) is 6.07. The van der Waals surface area contributed by atoms with Gasteiger partial charge in [0, 0.05) is 43.8 Å². The van der Waals surface area contributed by atoms with E-state index >= 15 is 0 Å². The Morgan fingerprint density at radius 1 is 1.30 bits per heavy atom. The molecule has 7 nitrogen and oxygen atoms in total. The fourth-order valence-electron chi connectivity index (χ4n) is 4.72. The summed E-state index contributed by atoms with van der Waals surface area (Å²) in [6, 6.07) is 6.64. The van der Waals surface area contributed by atoms with Gasteiger partial charge in [-0.15, -0.1) is 11.3 Å². The lowest BCUT2D eigenvalue weighted by atomic mass is 10.1. The first-order chi connectivity index (χ1) is 15.9. The first-order valence-electron chi connectivity index (χ1n) is 10.9. The van der Waals surface area contributed by atoms with Gasteiger partial charge in [0.1, 0.15) is 23.5 Å². The van der Waals surface area contributed by atoms with Crippen LogP contribution in [0.25, 0.3) is 31.6 Å². The molecule has 8 heteroatoms. The van der Waals surface area contributed by atoms with Crippen LogP contribution in [0.15, 0.2) is 43.4 Å². The Kier molecular flexibility index (Phi) is 5.32. The van der Waals surface area contributed by atoms with E-state index < -0.39 is 0 Å². The monoisotopic (exact) mass is 461 g/mol. The zero-order chi connectivity index (χ0) is 23.3. The van der Waals surface area contributed by atoms with E-state index in [1.165, 1.54) is 17.0 Å². The van der Waals surface area contributed by atoms with E-state index in [9.17, 15) is 4.79 Å². The number of fused-ring (bicyclic) bond motifs is 2. The van der Waals surface area contributed by atoms with Crippen molar-refractivity contribution in [2.75, 3.05) is 39.2 Å². The molecule has 5 rings (SSSR count). The maximum absolute atomic E-state index is 12.2. The van der Waals surface area contributed by atoms with Gasteiger partial charge in [0.15, 0.2) is 0 Å². The van der Waals surface area contributed by atoms with E-state index in [4.69, 9.17) is 4.74 Å². The van der Waals surface area contributed by atoms with Gasteiger partial charge in [0.05, 0.1) is 23.2 Å². The Bertz CT molecular complexity index is 1390. The largest absolute Gasteiger partial charge is 0.495 e. The molecule has 1 aliphatic rings. The number of carbonyl (C=O) groups is 1. The van der Waals surface area contributed by atoms with E-state index in [0.717, 1.165) is 50.7 Å². The van der Waals surface area contributed by atoms with Crippen molar-refractivity contribution in [2.45, 2.75) is 19.4 Å². The van der Waals surface area contributed by atoms with Crippen molar-refractivity contribution < 1.29 is 9.53 Å². The molecule has 0 N–H and O–H groups in total. The van der Waals surface area contributed by atoms with Gasteiger partial charge in [-0.1, -0.05) is 12.6 Å². The molecule has 1 unspecified atom stereocenters. The lowest BCUT2D eigenvalue weighted by Crippen LogP contribution is -2.27. The quantitative estimate of drug-likeness (QED) is 0.405. The third kappa shape index (κ3) is 3.54. The zero-order valence-corrected chi connectivity index (χ0v) is 20.1. The first-order valence-corrected chi connectivity index (χ1v) is 11.8. The number of ether oxygens (including phenoxy) is 1. The fraction of sp³-hybridized carbons (Fsp3) is 0.320. The minimum atomic E-state index is -0.0234. The number of aryl methyl sites for hydroxylation is 1. The Hall–Kier alpha value is -3.39. The van der Waals surface area contributed by atoms with Gasteiger partial charge < -0.3 is 19.1 Å². The maximum Gasteiger partial charge on any atom is 0.246 e. The number of hydrogen-bond acceptors (Lipinski definition) is 6. The SMILES string of the molecule is C=CC(=O)N1CCC(n2cc(-c3cc4cc(C)cc(OC)c4s3)c3c(N(C)C)ncnc32)C1. The molecule has 0 aliphatic carbocycles. The van der Waals surface area contributed by atoms with Crippen LogP contribution in [0.1, 0.15) is 18.0 Å². The van der Waals surface area contributed by atoms with Gasteiger partial charge in [0.25, 0.3) is 0 Å². The molecule has 1 aromatic carbocycles. The predicted molar refractivity (Wildman–Crippen MR) is 134 cm³/mol. The molecule has 1 saturated heterocycles. The summed E-state index contributed by atoms with van der Waals surface area (Å²) >= 11 is 1.72. The van der Waals surface area contributed by atoms with Gasteiger partial charge in [0.2, 0.25) is 5.91 Å². The van der Waals surface area contributed by atoms with E-state index in [1.54, 1.807) is 24.8 Å². The van der Waals surface area contributed by atoms with Gasteiger partial charge in [-0.3, -0.25) is 4.79 Å². The van der Waals surface area contributed by atoms with E-state index in [0.29, 0.717) is 6.54 Å². The zero-order valence-electron chi connectivity index (χ0n) is 19.3. The molecule has 0 radical (unpaired) electrons. The summed E-state index contributed by atoms with van der Waals surface area (Å²) in [5, 5.41) is 2.19. The minimum absolute atomic E-state index is 0.0234. The van der Waals surface area contributed by atoms with Crippen LogP contribution in [-0.4, -0.2) is 59.6 Å². The summed E-state index contributed by atoms with van der Waals surface area (Å²) < 4.78 is 9.02. The third-order valence-corrected chi connectivity index (χ3v) is 7.47. The van der Waals surface area contributed by atoms with E-state index in [2.05, 4.69) is 52.4 Å². The van der Waals surface area contributed by atoms with Crippen LogP contribution in [0.2, 0.25) is 0 Å². The number of nitrogens with zero attached hydrogens (tertiary/aromatic N) is 5. The van der Waals surface area contributed by atoms with Crippen LogP contribution in [-0.2, 0) is 4.79 Å². The van der Waals surface area contributed by atoms with Crippen molar-refractivity contribution in [3.63, 3.8) is 0 Å². The standard InChI is InChI=1S/C25H27N5O2S/c1-6-21(31)29-8-7-17(12-29)30-13-18(22-24(28(3)4)26-14-27-25(22)30)20-11-16-9-15(2)10-19(32-5)23(16)33-20/h6,9-11,13-14,17H,1,7-8,12H2,2-5H3. The Labute approximate surface area is 196 Å². The number of aromatic nitrogens is 3. The smallest absolute Gasteiger partial charge is 0.246 e. The van der Waals surface area contributed by atoms with Crippen molar-refractivity contribution >= 4 is 44.2 Å². The lowest BCUT2D eigenvalue weighted by molar-refractivity contribution is -0.125. The van der Waals surface area contributed by atoms with Gasteiger partial charge in [-0.05, 0) is 42.5 Å². The Balaban J connectivity index is 1.70. The number of anilines is 1. The molecule has 3 aromatic heterocycles. The van der Waals surface area contributed by atoms with Crippen molar-refractivity contribution in [3.8, 4) is 16.2 Å².